The van der Waals surface area contributed by atoms with Crippen molar-refractivity contribution in [1.82, 2.24) is 20.4 Å². The van der Waals surface area contributed by atoms with Gasteiger partial charge in [0, 0.05) is 57.6 Å². The molecule has 5 rings (SSSR count). The number of aromatic nitrogens is 3. The first-order valence-electron chi connectivity index (χ1n) is 10.4. The average molecular weight is 496 g/mol. The molecule has 2 N–H and O–H groups in total. The SMILES string of the molecule is COc1cccc(C=NNCc2ccncc2)c1O.[Ni].c1cnc2c(c1)ccc1ncccc12. The van der Waals surface area contributed by atoms with Gasteiger partial charge in [-0.2, -0.15) is 5.10 Å². The molecular formula is C26H23N5NiO2. The zero-order valence-electron chi connectivity index (χ0n) is 18.4. The Morgan fingerprint density at radius 3 is 2.53 bits per heavy atom. The van der Waals surface area contributed by atoms with Crippen LogP contribution in [0.4, 0.5) is 0 Å². The number of methoxy groups -OCH3 is 1. The van der Waals surface area contributed by atoms with Crippen LogP contribution in [0.3, 0.4) is 0 Å². The van der Waals surface area contributed by atoms with Crippen LogP contribution >= 0.6 is 0 Å². The number of ether oxygens (including phenoxy) is 1. The zero-order valence-corrected chi connectivity index (χ0v) is 19.4. The van der Waals surface area contributed by atoms with E-state index in [0.29, 0.717) is 17.9 Å². The molecule has 0 saturated carbocycles. The minimum Gasteiger partial charge on any atom is -0.504 e. The third kappa shape index (κ3) is 6.06. The summed E-state index contributed by atoms with van der Waals surface area (Å²) in [5, 5.41) is 16.2. The molecule has 0 saturated heterocycles. The molecule has 174 valence electrons. The topological polar surface area (TPSA) is 92.5 Å². The van der Waals surface area contributed by atoms with E-state index in [-0.39, 0.29) is 22.2 Å². The number of aromatic hydroxyl groups is 1. The molecule has 0 atom stereocenters. The minimum absolute atomic E-state index is 0. The molecule has 0 radical (unpaired) electrons. The molecule has 3 heterocycles. The molecule has 0 bridgehead atoms. The van der Waals surface area contributed by atoms with Gasteiger partial charge in [-0.15, -0.1) is 0 Å². The van der Waals surface area contributed by atoms with E-state index >= 15 is 0 Å². The van der Waals surface area contributed by atoms with Crippen molar-refractivity contribution in [2.75, 3.05) is 7.11 Å². The van der Waals surface area contributed by atoms with Crippen LogP contribution in [-0.2, 0) is 23.0 Å². The average Bonchev–Trinajstić information content (AvgIpc) is 2.88. The van der Waals surface area contributed by atoms with E-state index in [0.717, 1.165) is 27.4 Å². The summed E-state index contributed by atoms with van der Waals surface area (Å²) in [5.74, 6) is 0.512. The minimum atomic E-state index is 0. The molecule has 7 nitrogen and oxygen atoms in total. The zero-order chi connectivity index (χ0) is 22.9. The van der Waals surface area contributed by atoms with E-state index in [1.807, 2.05) is 36.5 Å². The second kappa shape index (κ2) is 12.3. The number of hydrazone groups is 1. The van der Waals surface area contributed by atoms with Gasteiger partial charge in [0.05, 0.1) is 30.9 Å². The molecule has 2 aromatic carbocycles. The smallest absolute Gasteiger partial charge is 0.166 e. The van der Waals surface area contributed by atoms with Crippen molar-refractivity contribution < 1.29 is 26.3 Å². The normalized spacial score (nSPS) is 10.4. The molecule has 0 amide bonds. The summed E-state index contributed by atoms with van der Waals surface area (Å²) in [6.07, 6.45) is 8.63. The van der Waals surface area contributed by atoms with Crippen molar-refractivity contribution in [3.8, 4) is 11.5 Å². The van der Waals surface area contributed by atoms with Gasteiger partial charge in [-0.3, -0.25) is 15.0 Å². The number of pyridine rings is 3. The maximum Gasteiger partial charge on any atom is 0.166 e. The molecule has 0 aliphatic rings. The molecule has 3 aromatic heterocycles. The molecular weight excluding hydrogens is 473 g/mol. The fraction of sp³-hybridized carbons (Fsp3) is 0.0769. The van der Waals surface area contributed by atoms with Gasteiger partial charge in [0.15, 0.2) is 11.5 Å². The van der Waals surface area contributed by atoms with Crippen LogP contribution in [0.5, 0.6) is 11.5 Å². The molecule has 5 aromatic rings. The molecule has 0 aliphatic heterocycles. The van der Waals surface area contributed by atoms with E-state index in [4.69, 9.17) is 4.74 Å². The van der Waals surface area contributed by atoms with Crippen LogP contribution in [0, 0.1) is 0 Å². The number of nitrogens with one attached hydrogen (secondary N) is 1. The second-order valence-electron chi connectivity index (χ2n) is 7.06. The van der Waals surface area contributed by atoms with Gasteiger partial charge in [0.1, 0.15) is 0 Å². The largest absolute Gasteiger partial charge is 0.504 e. The number of hydrogen-bond donors (Lipinski definition) is 2. The Hall–Kier alpha value is -4.03. The van der Waals surface area contributed by atoms with Gasteiger partial charge < -0.3 is 15.3 Å². The Kier molecular flexibility index (Phi) is 8.89. The quantitative estimate of drug-likeness (QED) is 0.159. The van der Waals surface area contributed by atoms with Crippen LogP contribution < -0.4 is 10.2 Å². The van der Waals surface area contributed by atoms with Gasteiger partial charge >= 0.3 is 0 Å². The first-order valence-corrected chi connectivity index (χ1v) is 10.4. The van der Waals surface area contributed by atoms with Crippen molar-refractivity contribution in [2.45, 2.75) is 6.54 Å². The summed E-state index contributed by atoms with van der Waals surface area (Å²) < 4.78 is 5.02. The van der Waals surface area contributed by atoms with Crippen molar-refractivity contribution >= 4 is 28.0 Å². The van der Waals surface area contributed by atoms with Gasteiger partial charge in [-0.05, 0) is 54.1 Å². The summed E-state index contributed by atoms with van der Waals surface area (Å²) in [6, 6.07) is 21.1. The Labute approximate surface area is 207 Å². The molecule has 0 unspecified atom stereocenters. The number of rotatable bonds is 5. The van der Waals surface area contributed by atoms with Crippen molar-refractivity contribution in [3.05, 3.63) is 103 Å². The number of phenols is 1. The summed E-state index contributed by atoms with van der Waals surface area (Å²) in [7, 11) is 1.51. The fourth-order valence-corrected chi connectivity index (χ4v) is 3.26. The molecule has 0 aliphatic carbocycles. The van der Waals surface area contributed by atoms with Gasteiger partial charge in [0.2, 0.25) is 0 Å². The maximum absolute atomic E-state index is 9.85. The van der Waals surface area contributed by atoms with E-state index in [9.17, 15) is 5.11 Å². The standard InChI is InChI=1S/C14H15N3O2.C12H8N2.Ni/c1-19-13-4-2-3-12(14(13)18)10-17-16-9-11-5-7-15-8-6-11;1-3-9-5-6-11-10(4-2-7-13-11)12(9)14-8-1;/h2-8,10,16,18H,9H2,1H3;1-8H;. The summed E-state index contributed by atoms with van der Waals surface area (Å²) in [4.78, 5) is 12.6. The fourth-order valence-electron chi connectivity index (χ4n) is 3.26. The van der Waals surface area contributed by atoms with Crippen LogP contribution in [0.15, 0.2) is 96.6 Å². The van der Waals surface area contributed by atoms with Crippen LogP contribution in [0.1, 0.15) is 11.1 Å². The third-order valence-corrected chi connectivity index (χ3v) is 4.93. The number of para-hydroxylation sites is 1. The van der Waals surface area contributed by atoms with Crippen molar-refractivity contribution in [1.29, 1.82) is 0 Å². The van der Waals surface area contributed by atoms with Crippen LogP contribution in [-0.4, -0.2) is 33.4 Å². The molecule has 34 heavy (non-hydrogen) atoms. The molecule has 0 spiro atoms. The molecule has 0 fully saturated rings. The van der Waals surface area contributed by atoms with Crippen LogP contribution in [0.2, 0.25) is 0 Å². The van der Waals surface area contributed by atoms with Crippen LogP contribution in [0.25, 0.3) is 21.8 Å². The predicted molar refractivity (Wildman–Crippen MR) is 130 cm³/mol. The third-order valence-electron chi connectivity index (χ3n) is 4.93. The van der Waals surface area contributed by atoms with E-state index in [1.165, 1.54) is 7.11 Å². The first kappa shape index (κ1) is 24.6. The van der Waals surface area contributed by atoms with E-state index in [1.54, 1.807) is 43.0 Å². The predicted octanol–water partition coefficient (Wildman–Crippen LogP) is 4.70. The number of fused-ring (bicyclic) bond motifs is 3. The Morgan fingerprint density at radius 2 is 1.71 bits per heavy atom. The summed E-state index contributed by atoms with van der Waals surface area (Å²) in [5.41, 5.74) is 6.61. The Bertz CT molecular complexity index is 1330. The van der Waals surface area contributed by atoms with E-state index < -0.39 is 0 Å². The monoisotopic (exact) mass is 495 g/mol. The number of benzene rings is 2. The summed E-state index contributed by atoms with van der Waals surface area (Å²) in [6.45, 7) is 0.601. The number of nitrogens with zero attached hydrogens (tertiary/aromatic N) is 4. The van der Waals surface area contributed by atoms with Gasteiger partial charge in [0.25, 0.3) is 0 Å². The first-order chi connectivity index (χ1) is 16.3. The van der Waals surface area contributed by atoms with Crippen molar-refractivity contribution in [2.24, 2.45) is 5.10 Å². The van der Waals surface area contributed by atoms with Gasteiger partial charge in [-0.25, -0.2) is 0 Å². The Morgan fingerprint density at radius 1 is 0.912 bits per heavy atom. The second-order valence-corrected chi connectivity index (χ2v) is 7.06. The Balaban J connectivity index is 0.000000192. The van der Waals surface area contributed by atoms with Gasteiger partial charge in [-0.1, -0.05) is 18.2 Å². The number of phenolic OH excluding ortho intramolecular Hbond substituents is 1. The van der Waals surface area contributed by atoms with Crippen molar-refractivity contribution in [3.63, 3.8) is 0 Å². The summed E-state index contributed by atoms with van der Waals surface area (Å²) >= 11 is 0. The number of hydrogen-bond acceptors (Lipinski definition) is 7. The molecule has 8 heteroatoms. The van der Waals surface area contributed by atoms with E-state index in [2.05, 4.69) is 43.7 Å². The maximum atomic E-state index is 9.85.